The molecule has 142 valence electrons. The Hall–Kier alpha value is -2.44. The summed E-state index contributed by atoms with van der Waals surface area (Å²) in [7, 11) is 2.15. The van der Waals surface area contributed by atoms with Gasteiger partial charge in [0.2, 0.25) is 0 Å². The van der Waals surface area contributed by atoms with Crippen molar-refractivity contribution in [1.82, 2.24) is 10.2 Å². The number of aldehydes is 1. The van der Waals surface area contributed by atoms with E-state index in [4.69, 9.17) is 0 Å². The zero-order valence-electron chi connectivity index (χ0n) is 15.6. The van der Waals surface area contributed by atoms with E-state index >= 15 is 0 Å². The first kappa shape index (κ1) is 17.9. The Morgan fingerprint density at radius 1 is 1.11 bits per heavy atom. The first-order chi connectivity index (χ1) is 13.2. The summed E-state index contributed by atoms with van der Waals surface area (Å²) in [6.45, 7) is 5.21. The van der Waals surface area contributed by atoms with Gasteiger partial charge in [-0.15, -0.1) is 0 Å². The molecular formula is C21H25FN4O. The van der Waals surface area contributed by atoms with Gasteiger partial charge in [0.05, 0.1) is 0 Å². The fraction of sp³-hybridized carbons (Fsp3) is 0.381. The van der Waals surface area contributed by atoms with Gasteiger partial charge in [-0.2, -0.15) is 0 Å². The first-order valence-electron chi connectivity index (χ1n) is 9.41. The van der Waals surface area contributed by atoms with Crippen molar-refractivity contribution in [1.29, 1.82) is 0 Å². The maximum Gasteiger partial charge on any atom is 0.157 e. The third-order valence-electron chi connectivity index (χ3n) is 5.47. The summed E-state index contributed by atoms with van der Waals surface area (Å²) < 4.78 is 13.6. The van der Waals surface area contributed by atoms with Gasteiger partial charge in [0.15, 0.2) is 6.29 Å². The maximum absolute atomic E-state index is 13.6. The number of fused-ring (bicyclic) bond motifs is 1. The number of anilines is 2. The molecule has 27 heavy (non-hydrogen) atoms. The highest BCUT2D eigenvalue weighted by Crippen LogP contribution is 2.35. The summed E-state index contributed by atoms with van der Waals surface area (Å²) in [5.41, 5.74) is 4.33. The minimum Gasteiger partial charge on any atom is -0.369 e. The predicted molar refractivity (Wildman–Crippen MR) is 105 cm³/mol. The van der Waals surface area contributed by atoms with Crippen LogP contribution in [0.25, 0.3) is 0 Å². The molecule has 2 aliphatic rings. The van der Waals surface area contributed by atoms with Crippen LogP contribution in [0, 0.1) is 5.82 Å². The van der Waals surface area contributed by atoms with Gasteiger partial charge in [-0.1, -0.05) is 18.2 Å². The van der Waals surface area contributed by atoms with E-state index in [1.807, 2.05) is 11.0 Å². The summed E-state index contributed by atoms with van der Waals surface area (Å²) in [5, 5.41) is 3.33. The number of benzene rings is 2. The predicted octanol–water partition coefficient (Wildman–Crippen LogP) is 2.21. The summed E-state index contributed by atoms with van der Waals surface area (Å²) in [4.78, 5) is 18.4. The molecule has 6 heteroatoms. The number of rotatable bonds is 4. The molecular weight excluding hydrogens is 343 g/mol. The van der Waals surface area contributed by atoms with Crippen molar-refractivity contribution < 1.29 is 9.18 Å². The standard InChI is InChI=1S/C21H25FN4O/c1-24-8-10-25(11-9-24)19-6-3-7-20-18(19)13-23-21(15-27)26(20)14-16-4-2-5-17(22)12-16/h2-7,12,15,21,23H,8-11,13-14H2,1H3. The molecule has 2 heterocycles. The molecule has 1 saturated heterocycles. The molecule has 1 unspecified atom stereocenters. The number of carbonyl (C=O) groups excluding carboxylic acids is 1. The molecule has 0 radical (unpaired) electrons. The highest BCUT2D eigenvalue weighted by Gasteiger charge is 2.29. The smallest absolute Gasteiger partial charge is 0.157 e. The zero-order chi connectivity index (χ0) is 18.8. The number of piperazine rings is 1. The number of hydrogen-bond donors (Lipinski definition) is 1. The van der Waals surface area contributed by atoms with E-state index in [1.165, 1.54) is 23.4 Å². The molecule has 2 aromatic rings. The van der Waals surface area contributed by atoms with Crippen molar-refractivity contribution in [2.24, 2.45) is 0 Å². The fourth-order valence-corrected chi connectivity index (χ4v) is 3.96. The number of hydrogen-bond acceptors (Lipinski definition) is 5. The fourth-order valence-electron chi connectivity index (χ4n) is 3.96. The van der Waals surface area contributed by atoms with Gasteiger partial charge in [0.25, 0.3) is 0 Å². The van der Waals surface area contributed by atoms with Crippen LogP contribution in [-0.4, -0.2) is 50.6 Å². The number of nitrogens with zero attached hydrogens (tertiary/aromatic N) is 3. The first-order valence-corrected chi connectivity index (χ1v) is 9.41. The monoisotopic (exact) mass is 368 g/mol. The Bertz CT molecular complexity index is 820. The van der Waals surface area contributed by atoms with Gasteiger partial charge in [-0.3, -0.25) is 10.1 Å². The number of halogens is 1. The second-order valence-electron chi connectivity index (χ2n) is 7.28. The van der Waals surface area contributed by atoms with Crippen LogP contribution < -0.4 is 15.1 Å². The molecule has 1 fully saturated rings. The molecule has 0 saturated carbocycles. The van der Waals surface area contributed by atoms with Crippen molar-refractivity contribution >= 4 is 17.7 Å². The summed E-state index contributed by atoms with van der Waals surface area (Å²) >= 11 is 0. The molecule has 2 aliphatic heterocycles. The second kappa shape index (κ2) is 7.66. The number of carbonyl (C=O) groups is 1. The van der Waals surface area contributed by atoms with Crippen molar-refractivity contribution in [3.8, 4) is 0 Å². The molecule has 1 N–H and O–H groups in total. The molecule has 2 aromatic carbocycles. The molecule has 0 aliphatic carbocycles. The number of likely N-dealkylation sites (N-methyl/N-ethyl adjacent to an activating group) is 1. The second-order valence-corrected chi connectivity index (χ2v) is 7.28. The van der Waals surface area contributed by atoms with E-state index in [2.05, 4.69) is 40.4 Å². The van der Waals surface area contributed by atoms with Gasteiger partial charge in [-0.25, -0.2) is 4.39 Å². The minimum absolute atomic E-state index is 0.258. The summed E-state index contributed by atoms with van der Waals surface area (Å²) in [6.07, 6.45) is 0.508. The normalized spacial score (nSPS) is 20.4. The Labute approximate surface area is 159 Å². The van der Waals surface area contributed by atoms with Crippen LogP contribution in [0.5, 0.6) is 0 Å². The van der Waals surface area contributed by atoms with E-state index in [9.17, 15) is 9.18 Å². The van der Waals surface area contributed by atoms with Gasteiger partial charge in [0, 0.05) is 56.2 Å². The molecule has 0 aromatic heterocycles. The number of nitrogens with one attached hydrogen (secondary N) is 1. The van der Waals surface area contributed by atoms with Gasteiger partial charge >= 0.3 is 0 Å². The van der Waals surface area contributed by atoms with Crippen LogP contribution >= 0.6 is 0 Å². The molecule has 0 spiro atoms. The summed E-state index contributed by atoms with van der Waals surface area (Å²) in [6, 6.07) is 12.8. The average Bonchev–Trinajstić information content (AvgIpc) is 2.68. The lowest BCUT2D eigenvalue weighted by atomic mass is 10.0. The highest BCUT2D eigenvalue weighted by atomic mass is 19.1. The van der Waals surface area contributed by atoms with Crippen molar-refractivity contribution in [3.63, 3.8) is 0 Å². The van der Waals surface area contributed by atoms with Crippen molar-refractivity contribution in [3.05, 3.63) is 59.4 Å². The van der Waals surface area contributed by atoms with Crippen LogP contribution in [-0.2, 0) is 17.9 Å². The molecule has 4 rings (SSSR count). The highest BCUT2D eigenvalue weighted by molar-refractivity contribution is 5.74. The Morgan fingerprint density at radius 2 is 1.85 bits per heavy atom. The maximum atomic E-state index is 13.6. The molecule has 5 nitrogen and oxygen atoms in total. The average molecular weight is 368 g/mol. The minimum atomic E-state index is -0.413. The van der Waals surface area contributed by atoms with E-state index in [0.717, 1.165) is 43.7 Å². The van der Waals surface area contributed by atoms with E-state index < -0.39 is 6.17 Å². The van der Waals surface area contributed by atoms with Crippen LogP contribution in [0.1, 0.15) is 11.1 Å². The van der Waals surface area contributed by atoms with Crippen LogP contribution in [0.3, 0.4) is 0 Å². The lowest BCUT2D eigenvalue weighted by Crippen LogP contribution is -2.51. The van der Waals surface area contributed by atoms with E-state index in [0.29, 0.717) is 13.1 Å². The van der Waals surface area contributed by atoms with Gasteiger partial charge < -0.3 is 14.7 Å². The van der Waals surface area contributed by atoms with Crippen LogP contribution in [0.15, 0.2) is 42.5 Å². The lowest BCUT2D eigenvalue weighted by molar-refractivity contribution is -0.109. The van der Waals surface area contributed by atoms with Crippen molar-refractivity contribution in [2.75, 3.05) is 43.0 Å². The summed E-state index contributed by atoms with van der Waals surface area (Å²) in [5.74, 6) is -0.258. The zero-order valence-corrected chi connectivity index (χ0v) is 15.6. The van der Waals surface area contributed by atoms with Crippen molar-refractivity contribution in [2.45, 2.75) is 19.3 Å². The Morgan fingerprint density at radius 3 is 2.59 bits per heavy atom. The molecule has 1 atom stereocenters. The van der Waals surface area contributed by atoms with Crippen LogP contribution in [0.2, 0.25) is 0 Å². The molecule has 0 bridgehead atoms. The lowest BCUT2D eigenvalue weighted by Gasteiger charge is -2.41. The topological polar surface area (TPSA) is 38.8 Å². The quantitative estimate of drug-likeness (QED) is 0.838. The van der Waals surface area contributed by atoms with E-state index in [1.54, 1.807) is 6.07 Å². The third-order valence-corrected chi connectivity index (χ3v) is 5.47. The van der Waals surface area contributed by atoms with Gasteiger partial charge in [0.1, 0.15) is 12.0 Å². The van der Waals surface area contributed by atoms with E-state index in [-0.39, 0.29) is 5.82 Å². The van der Waals surface area contributed by atoms with Gasteiger partial charge in [-0.05, 0) is 36.9 Å². The molecule has 0 amide bonds. The third kappa shape index (κ3) is 3.68. The Kier molecular flexibility index (Phi) is 5.09. The largest absolute Gasteiger partial charge is 0.369 e. The van der Waals surface area contributed by atoms with Crippen LogP contribution in [0.4, 0.5) is 15.8 Å². The SMILES string of the molecule is CN1CCN(c2cccc3c2CNC(C=O)N3Cc2cccc(F)c2)CC1. The Balaban J connectivity index is 1.67.